The Balaban J connectivity index is 1.53. The predicted octanol–water partition coefficient (Wildman–Crippen LogP) is 2.79. The molecule has 1 aromatic rings. The van der Waals surface area contributed by atoms with Gasteiger partial charge in [-0.3, -0.25) is 9.48 Å². The molecule has 1 amide bonds. The third-order valence-electron chi connectivity index (χ3n) is 5.02. The molecular weight excluding hydrogens is 274 g/mol. The molecule has 1 N–H and O–H groups in total. The molecule has 110 valence electrons. The van der Waals surface area contributed by atoms with Crippen LogP contribution in [0, 0.1) is 24.7 Å². The highest BCUT2D eigenvalue weighted by atomic mass is 35.5. The van der Waals surface area contributed by atoms with Crippen LogP contribution < -0.4 is 5.32 Å². The lowest BCUT2D eigenvalue weighted by Gasteiger charge is -2.28. The summed E-state index contributed by atoms with van der Waals surface area (Å²) in [7, 11) is 0. The number of aromatic nitrogens is 2. The molecule has 1 heterocycles. The molecule has 3 rings (SSSR count). The summed E-state index contributed by atoms with van der Waals surface area (Å²) in [6.07, 6.45) is 7.12. The Labute approximate surface area is 124 Å². The molecule has 2 bridgehead atoms. The van der Waals surface area contributed by atoms with Crippen LogP contribution in [-0.2, 0) is 11.3 Å². The number of amides is 1. The SMILES string of the molecule is Cc1nn(CC(=O)N[C@@H](C)[C@@H]2C[C@@H]3CC[C@@H]2C3)cc1Cl. The van der Waals surface area contributed by atoms with Gasteiger partial charge in [-0.25, -0.2) is 0 Å². The van der Waals surface area contributed by atoms with E-state index in [-0.39, 0.29) is 18.5 Å². The molecule has 0 radical (unpaired) electrons. The topological polar surface area (TPSA) is 46.9 Å². The molecule has 0 saturated heterocycles. The van der Waals surface area contributed by atoms with Gasteiger partial charge in [0.15, 0.2) is 0 Å². The normalized spacial score (nSPS) is 29.6. The van der Waals surface area contributed by atoms with Gasteiger partial charge in [-0.15, -0.1) is 0 Å². The summed E-state index contributed by atoms with van der Waals surface area (Å²) in [5.41, 5.74) is 0.764. The third kappa shape index (κ3) is 2.71. The Kier molecular flexibility index (Phi) is 3.76. The molecule has 1 aromatic heterocycles. The highest BCUT2D eigenvalue weighted by molar-refractivity contribution is 6.31. The van der Waals surface area contributed by atoms with Crippen LogP contribution in [0.4, 0.5) is 0 Å². The van der Waals surface area contributed by atoms with E-state index in [1.54, 1.807) is 10.9 Å². The third-order valence-corrected chi connectivity index (χ3v) is 5.39. The van der Waals surface area contributed by atoms with Gasteiger partial charge in [0.2, 0.25) is 5.91 Å². The fourth-order valence-electron chi connectivity index (χ4n) is 4.03. The zero-order valence-corrected chi connectivity index (χ0v) is 12.9. The largest absolute Gasteiger partial charge is 0.352 e. The average Bonchev–Trinajstić information content (AvgIpc) is 3.06. The molecule has 2 fully saturated rings. The molecule has 4 atom stereocenters. The van der Waals surface area contributed by atoms with Crippen molar-refractivity contribution in [1.29, 1.82) is 0 Å². The van der Waals surface area contributed by atoms with Crippen LogP contribution in [0.1, 0.15) is 38.3 Å². The van der Waals surface area contributed by atoms with Gasteiger partial charge in [-0.1, -0.05) is 18.0 Å². The number of nitrogens with zero attached hydrogens (tertiary/aromatic N) is 2. The first-order valence-corrected chi connectivity index (χ1v) is 7.89. The summed E-state index contributed by atoms with van der Waals surface area (Å²) in [6, 6.07) is 0.268. The van der Waals surface area contributed by atoms with Crippen molar-refractivity contribution in [2.24, 2.45) is 17.8 Å². The molecule has 4 nitrogen and oxygen atoms in total. The van der Waals surface area contributed by atoms with Crippen LogP contribution in [-0.4, -0.2) is 21.7 Å². The summed E-state index contributed by atoms with van der Waals surface area (Å²) in [4.78, 5) is 12.1. The minimum atomic E-state index is 0.0273. The fourth-order valence-corrected chi connectivity index (χ4v) is 4.19. The first-order chi connectivity index (χ1) is 9.52. The molecule has 0 spiro atoms. The number of fused-ring (bicyclic) bond motifs is 2. The Morgan fingerprint density at radius 2 is 2.35 bits per heavy atom. The summed E-state index contributed by atoms with van der Waals surface area (Å²) >= 11 is 5.95. The van der Waals surface area contributed by atoms with E-state index in [1.807, 2.05) is 6.92 Å². The number of hydrogen-bond donors (Lipinski definition) is 1. The lowest BCUT2D eigenvalue weighted by molar-refractivity contribution is -0.122. The number of rotatable bonds is 4. The highest BCUT2D eigenvalue weighted by Crippen LogP contribution is 2.49. The maximum absolute atomic E-state index is 12.1. The summed E-state index contributed by atoms with van der Waals surface area (Å²) in [6.45, 7) is 4.23. The van der Waals surface area contributed by atoms with Crippen LogP contribution in [0.2, 0.25) is 5.02 Å². The first kappa shape index (κ1) is 13.9. The van der Waals surface area contributed by atoms with Gasteiger partial charge in [0, 0.05) is 12.2 Å². The number of carbonyl (C=O) groups is 1. The molecule has 20 heavy (non-hydrogen) atoms. The molecule has 0 unspecified atom stereocenters. The second kappa shape index (κ2) is 5.40. The van der Waals surface area contributed by atoms with Gasteiger partial charge in [0.1, 0.15) is 6.54 Å². The van der Waals surface area contributed by atoms with Crippen molar-refractivity contribution in [2.45, 2.75) is 52.1 Å². The Morgan fingerprint density at radius 1 is 1.55 bits per heavy atom. The molecule has 0 aromatic carbocycles. The van der Waals surface area contributed by atoms with E-state index >= 15 is 0 Å². The molecule has 2 saturated carbocycles. The van der Waals surface area contributed by atoms with Gasteiger partial charge in [-0.05, 0) is 50.9 Å². The zero-order valence-electron chi connectivity index (χ0n) is 12.1. The standard InChI is InChI=1S/C15H22ClN3O/c1-9(13-6-11-3-4-12(13)5-11)17-15(20)8-19-7-14(16)10(2)18-19/h7,9,11-13H,3-6,8H2,1-2H3,(H,17,20)/t9-,11+,12+,13-/m0/s1. The van der Waals surface area contributed by atoms with Crippen LogP contribution in [0.5, 0.6) is 0 Å². The maximum Gasteiger partial charge on any atom is 0.241 e. The number of hydrogen-bond acceptors (Lipinski definition) is 2. The van der Waals surface area contributed by atoms with E-state index in [1.165, 1.54) is 25.7 Å². The maximum atomic E-state index is 12.1. The van der Waals surface area contributed by atoms with Gasteiger partial charge >= 0.3 is 0 Å². The first-order valence-electron chi connectivity index (χ1n) is 7.52. The zero-order chi connectivity index (χ0) is 14.3. The number of halogens is 1. The van der Waals surface area contributed by atoms with Gasteiger partial charge in [0.25, 0.3) is 0 Å². The molecule has 5 heteroatoms. The lowest BCUT2D eigenvalue weighted by atomic mass is 9.84. The van der Waals surface area contributed by atoms with Gasteiger partial charge in [0.05, 0.1) is 10.7 Å². The second-order valence-electron chi connectivity index (χ2n) is 6.45. The van der Waals surface area contributed by atoms with E-state index in [0.29, 0.717) is 10.9 Å². The van der Waals surface area contributed by atoms with Crippen molar-refractivity contribution in [2.75, 3.05) is 0 Å². The van der Waals surface area contributed by atoms with E-state index in [2.05, 4.69) is 17.3 Å². The highest BCUT2D eigenvalue weighted by Gasteiger charge is 2.42. The van der Waals surface area contributed by atoms with Crippen LogP contribution in [0.3, 0.4) is 0 Å². The summed E-state index contributed by atoms with van der Waals surface area (Å²) in [5, 5.41) is 7.97. The molecule has 2 aliphatic carbocycles. The molecular formula is C15H22ClN3O. The second-order valence-corrected chi connectivity index (χ2v) is 6.86. The molecule has 0 aliphatic heterocycles. The summed E-state index contributed by atoms with van der Waals surface area (Å²) in [5.74, 6) is 2.44. The Hall–Kier alpha value is -1.03. The van der Waals surface area contributed by atoms with Crippen molar-refractivity contribution < 1.29 is 4.79 Å². The van der Waals surface area contributed by atoms with Crippen molar-refractivity contribution >= 4 is 17.5 Å². The van der Waals surface area contributed by atoms with E-state index < -0.39 is 0 Å². The van der Waals surface area contributed by atoms with E-state index in [9.17, 15) is 4.79 Å². The molecule has 2 aliphatic rings. The van der Waals surface area contributed by atoms with E-state index in [0.717, 1.165) is 17.5 Å². The monoisotopic (exact) mass is 295 g/mol. The van der Waals surface area contributed by atoms with Crippen LogP contribution >= 0.6 is 11.6 Å². The van der Waals surface area contributed by atoms with Crippen molar-refractivity contribution in [1.82, 2.24) is 15.1 Å². The van der Waals surface area contributed by atoms with Gasteiger partial charge in [-0.2, -0.15) is 5.10 Å². The Bertz CT molecular complexity index is 494. The minimum Gasteiger partial charge on any atom is -0.352 e. The number of nitrogens with one attached hydrogen (secondary N) is 1. The van der Waals surface area contributed by atoms with Crippen LogP contribution in [0.15, 0.2) is 6.20 Å². The lowest BCUT2D eigenvalue weighted by Crippen LogP contribution is -2.41. The predicted molar refractivity (Wildman–Crippen MR) is 78.5 cm³/mol. The smallest absolute Gasteiger partial charge is 0.241 e. The number of carbonyl (C=O) groups excluding carboxylic acids is 1. The Morgan fingerprint density at radius 3 is 2.90 bits per heavy atom. The average molecular weight is 296 g/mol. The van der Waals surface area contributed by atoms with Gasteiger partial charge < -0.3 is 5.32 Å². The van der Waals surface area contributed by atoms with Crippen molar-refractivity contribution in [3.63, 3.8) is 0 Å². The summed E-state index contributed by atoms with van der Waals surface area (Å²) < 4.78 is 1.61. The van der Waals surface area contributed by atoms with E-state index in [4.69, 9.17) is 11.6 Å². The minimum absolute atomic E-state index is 0.0273. The quantitative estimate of drug-likeness (QED) is 0.928. The van der Waals surface area contributed by atoms with Crippen molar-refractivity contribution in [3.05, 3.63) is 16.9 Å². The fraction of sp³-hybridized carbons (Fsp3) is 0.733. The van der Waals surface area contributed by atoms with Crippen LogP contribution in [0.25, 0.3) is 0 Å². The van der Waals surface area contributed by atoms with Crippen molar-refractivity contribution in [3.8, 4) is 0 Å². The number of aryl methyl sites for hydroxylation is 1.